The van der Waals surface area contributed by atoms with Crippen molar-refractivity contribution in [3.63, 3.8) is 0 Å². The Morgan fingerprint density at radius 1 is 1.40 bits per heavy atom. The number of amides is 1. The lowest BCUT2D eigenvalue weighted by Gasteiger charge is -2.22. The molecular formula is C13H15F3N2O2. The average Bonchev–Trinajstić information content (AvgIpc) is 2.41. The Hall–Kier alpha value is -1.76. The number of halogens is 3. The van der Waals surface area contributed by atoms with Crippen LogP contribution in [0, 0.1) is 5.92 Å². The number of phenols is 1. The highest BCUT2D eigenvalue weighted by atomic mass is 19.4. The number of nitrogens with one attached hydrogen (secondary N) is 2. The molecule has 1 heterocycles. The lowest BCUT2D eigenvalue weighted by atomic mass is 9.98. The van der Waals surface area contributed by atoms with Gasteiger partial charge in [-0.2, -0.15) is 13.2 Å². The molecule has 0 aromatic heterocycles. The van der Waals surface area contributed by atoms with E-state index >= 15 is 0 Å². The van der Waals surface area contributed by atoms with E-state index < -0.39 is 11.7 Å². The maximum atomic E-state index is 12.6. The van der Waals surface area contributed by atoms with E-state index in [0.29, 0.717) is 13.0 Å². The van der Waals surface area contributed by atoms with Gasteiger partial charge in [0.25, 0.3) is 0 Å². The second-order valence-electron chi connectivity index (χ2n) is 4.76. The molecule has 1 amide bonds. The van der Waals surface area contributed by atoms with E-state index in [4.69, 9.17) is 0 Å². The van der Waals surface area contributed by atoms with Crippen molar-refractivity contribution in [2.45, 2.75) is 19.0 Å². The van der Waals surface area contributed by atoms with Crippen LogP contribution in [0.2, 0.25) is 0 Å². The first-order chi connectivity index (χ1) is 9.38. The predicted molar refractivity (Wildman–Crippen MR) is 67.3 cm³/mol. The maximum absolute atomic E-state index is 12.6. The Bertz CT molecular complexity index is 497. The smallest absolute Gasteiger partial charge is 0.416 e. The molecule has 0 unspecified atom stereocenters. The van der Waals surface area contributed by atoms with Crippen LogP contribution < -0.4 is 10.6 Å². The molecule has 110 valence electrons. The first-order valence-corrected chi connectivity index (χ1v) is 6.29. The third-order valence-corrected chi connectivity index (χ3v) is 3.25. The number of phenolic OH excluding ortho intramolecular Hbond substituents is 1. The van der Waals surface area contributed by atoms with E-state index in [1.807, 2.05) is 0 Å². The Morgan fingerprint density at radius 3 is 2.75 bits per heavy atom. The first kappa shape index (κ1) is 14.6. The molecule has 1 saturated heterocycles. The second-order valence-corrected chi connectivity index (χ2v) is 4.76. The summed E-state index contributed by atoms with van der Waals surface area (Å²) >= 11 is 0. The molecule has 7 heteroatoms. The zero-order valence-electron chi connectivity index (χ0n) is 10.6. The van der Waals surface area contributed by atoms with E-state index in [-0.39, 0.29) is 23.3 Å². The largest absolute Gasteiger partial charge is 0.506 e. The van der Waals surface area contributed by atoms with Gasteiger partial charge in [0.1, 0.15) is 5.75 Å². The molecule has 0 bridgehead atoms. The normalized spacial score (nSPS) is 19.6. The van der Waals surface area contributed by atoms with Crippen molar-refractivity contribution in [2.24, 2.45) is 5.92 Å². The standard InChI is InChI=1S/C13H15F3N2O2/c14-13(15,16)9-3-4-11(19)10(6-9)18-12(20)8-2-1-5-17-7-8/h3-4,6,8,17,19H,1-2,5,7H2,(H,18,20)/t8-/m0/s1. The summed E-state index contributed by atoms with van der Waals surface area (Å²) in [5.41, 5.74) is -1.12. The lowest BCUT2D eigenvalue weighted by molar-refractivity contribution is -0.137. The fraction of sp³-hybridized carbons (Fsp3) is 0.462. The molecule has 1 aromatic carbocycles. The van der Waals surface area contributed by atoms with Gasteiger partial charge in [0.2, 0.25) is 5.91 Å². The number of hydrogen-bond acceptors (Lipinski definition) is 3. The van der Waals surface area contributed by atoms with Crippen LogP contribution in [0.25, 0.3) is 0 Å². The number of hydrogen-bond donors (Lipinski definition) is 3. The molecule has 0 aliphatic carbocycles. The van der Waals surface area contributed by atoms with Crippen molar-refractivity contribution >= 4 is 11.6 Å². The van der Waals surface area contributed by atoms with Gasteiger partial charge in [-0.15, -0.1) is 0 Å². The van der Waals surface area contributed by atoms with Gasteiger partial charge in [0.05, 0.1) is 17.2 Å². The third kappa shape index (κ3) is 3.41. The Labute approximate surface area is 114 Å². The molecule has 20 heavy (non-hydrogen) atoms. The first-order valence-electron chi connectivity index (χ1n) is 6.29. The van der Waals surface area contributed by atoms with Crippen molar-refractivity contribution in [3.05, 3.63) is 23.8 Å². The SMILES string of the molecule is O=C(Nc1cc(C(F)(F)F)ccc1O)[C@H]1CCCNC1. The molecule has 0 spiro atoms. The molecule has 1 atom stereocenters. The molecule has 1 fully saturated rings. The number of rotatable bonds is 2. The molecular weight excluding hydrogens is 273 g/mol. The van der Waals surface area contributed by atoms with Gasteiger partial charge < -0.3 is 15.7 Å². The topological polar surface area (TPSA) is 61.4 Å². The highest BCUT2D eigenvalue weighted by molar-refractivity contribution is 5.94. The summed E-state index contributed by atoms with van der Waals surface area (Å²) in [7, 11) is 0. The van der Waals surface area contributed by atoms with Crippen molar-refractivity contribution in [1.82, 2.24) is 5.32 Å². The second kappa shape index (κ2) is 5.70. The summed E-state index contributed by atoms with van der Waals surface area (Å²) in [6, 6.07) is 2.44. The van der Waals surface area contributed by atoms with Crippen LogP contribution in [0.5, 0.6) is 5.75 Å². The molecule has 2 rings (SSSR count). The lowest BCUT2D eigenvalue weighted by Crippen LogP contribution is -2.37. The average molecular weight is 288 g/mol. The highest BCUT2D eigenvalue weighted by Crippen LogP contribution is 2.34. The van der Waals surface area contributed by atoms with Gasteiger partial charge in [-0.05, 0) is 37.6 Å². The maximum Gasteiger partial charge on any atom is 0.416 e. The Morgan fingerprint density at radius 2 is 2.15 bits per heavy atom. The fourth-order valence-electron chi connectivity index (χ4n) is 2.12. The minimum absolute atomic E-state index is 0.213. The van der Waals surface area contributed by atoms with Gasteiger partial charge in [0, 0.05) is 6.54 Å². The number of carbonyl (C=O) groups excluding carboxylic acids is 1. The number of alkyl halides is 3. The minimum Gasteiger partial charge on any atom is -0.506 e. The van der Waals surface area contributed by atoms with Crippen molar-refractivity contribution in [2.75, 3.05) is 18.4 Å². The summed E-state index contributed by atoms with van der Waals surface area (Å²) < 4.78 is 37.8. The van der Waals surface area contributed by atoms with Crippen LogP contribution in [0.1, 0.15) is 18.4 Å². The van der Waals surface area contributed by atoms with Crippen molar-refractivity contribution < 1.29 is 23.1 Å². The third-order valence-electron chi connectivity index (χ3n) is 3.25. The molecule has 1 aliphatic heterocycles. The van der Waals surface area contributed by atoms with Crippen LogP contribution >= 0.6 is 0 Å². The Balaban J connectivity index is 2.13. The van der Waals surface area contributed by atoms with E-state index in [1.165, 1.54) is 0 Å². The molecule has 3 N–H and O–H groups in total. The van der Waals surface area contributed by atoms with E-state index in [0.717, 1.165) is 31.2 Å². The summed E-state index contributed by atoms with van der Waals surface area (Å²) in [5, 5.41) is 15.0. The number of aromatic hydroxyl groups is 1. The van der Waals surface area contributed by atoms with Crippen LogP contribution in [0.15, 0.2) is 18.2 Å². The highest BCUT2D eigenvalue weighted by Gasteiger charge is 2.31. The van der Waals surface area contributed by atoms with Crippen molar-refractivity contribution in [3.8, 4) is 5.75 Å². The van der Waals surface area contributed by atoms with Gasteiger partial charge in [0.15, 0.2) is 0 Å². The number of piperidine rings is 1. The molecule has 1 aromatic rings. The Kier molecular flexibility index (Phi) is 4.17. The minimum atomic E-state index is -4.51. The zero-order valence-corrected chi connectivity index (χ0v) is 10.6. The van der Waals surface area contributed by atoms with Gasteiger partial charge in [-0.1, -0.05) is 0 Å². The zero-order chi connectivity index (χ0) is 14.8. The predicted octanol–water partition coefficient (Wildman–Crippen LogP) is 2.35. The van der Waals surface area contributed by atoms with E-state index in [9.17, 15) is 23.1 Å². The van der Waals surface area contributed by atoms with Crippen LogP contribution in [0.4, 0.5) is 18.9 Å². The van der Waals surface area contributed by atoms with Crippen molar-refractivity contribution in [1.29, 1.82) is 0 Å². The fourth-order valence-corrected chi connectivity index (χ4v) is 2.12. The van der Waals surface area contributed by atoms with Gasteiger partial charge in [-0.3, -0.25) is 4.79 Å². The van der Waals surface area contributed by atoms with Crippen LogP contribution in [0.3, 0.4) is 0 Å². The molecule has 4 nitrogen and oxygen atoms in total. The summed E-state index contributed by atoms with van der Waals surface area (Å²) in [6.07, 6.45) is -3.00. The number of anilines is 1. The number of carbonyl (C=O) groups is 1. The summed E-state index contributed by atoms with van der Waals surface area (Å²) in [6.45, 7) is 1.32. The molecule has 0 saturated carbocycles. The van der Waals surface area contributed by atoms with E-state index in [1.54, 1.807) is 0 Å². The molecule has 0 radical (unpaired) electrons. The molecule has 1 aliphatic rings. The van der Waals surface area contributed by atoms with Gasteiger partial charge >= 0.3 is 6.18 Å². The number of benzene rings is 1. The van der Waals surface area contributed by atoms with Crippen LogP contribution in [-0.4, -0.2) is 24.1 Å². The monoisotopic (exact) mass is 288 g/mol. The summed E-state index contributed by atoms with van der Waals surface area (Å²) in [5.74, 6) is -1.06. The van der Waals surface area contributed by atoms with E-state index in [2.05, 4.69) is 10.6 Å². The summed E-state index contributed by atoms with van der Waals surface area (Å²) in [4.78, 5) is 11.9. The van der Waals surface area contributed by atoms with Crippen LogP contribution in [-0.2, 0) is 11.0 Å². The van der Waals surface area contributed by atoms with Gasteiger partial charge in [-0.25, -0.2) is 0 Å². The quantitative estimate of drug-likeness (QED) is 0.732.